The predicted molar refractivity (Wildman–Crippen MR) is 73.1 cm³/mol. The van der Waals surface area contributed by atoms with Gasteiger partial charge in [-0.3, -0.25) is 4.79 Å². The summed E-state index contributed by atoms with van der Waals surface area (Å²) >= 11 is 1.20. The highest BCUT2D eigenvalue weighted by atomic mass is 32.2. The van der Waals surface area contributed by atoms with Crippen LogP contribution in [0.3, 0.4) is 0 Å². The second kappa shape index (κ2) is 9.53. The van der Waals surface area contributed by atoms with Crippen LogP contribution in [0, 0.1) is 0 Å². The van der Waals surface area contributed by atoms with Gasteiger partial charge in [0.2, 0.25) is 0 Å². The molecule has 0 saturated carbocycles. The Hall–Kier alpha value is -1.49. The Bertz CT molecular complexity index is 357. The van der Waals surface area contributed by atoms with Crippen LogP contribution in [0.2, 0.25) is 0 Å². The van der Waals surface area contributed by atoms with Gasteiger partial charge in [-0.05, 0) is 25.0 Å². The summed E-state index contributed by atoms with van der Waals surface area (Å²) in [5.74, 6) is 1.61. The molecule has 1 amide bonds. The van der Waals surface area contributed by atoms with E-state index in [1.54, 1.807) is 0 Å². The number of hydrogen-bond acceptors (Lipinski definition) is 4. The van der Waals surface area contributed by atoms with E-state index in [1.807, 2.05) is 30.3 Å². The molecule has 0 aliphatic heterocycles. The quantitative estimate of drug-likeness (QED) is 0.581. The average molecular weight is 267 g/mol. The molecule has 0 aliphatic rings. The van der Waals surface area contributed by atoms with Crippen LogP contribution < -0.4 is 10.1 Å². The van der Waals surface area contributed by atoms with Crippen molar-refractivity contribution in [2.24, 2.45) is 0 Å². The highest BCUT2D eigenvalue weighted by Gasteiger charge is 2.00. The molecule has 0 aromatic heterocycles. The van der Waals surface area contributed by atoms with Crippen LogP contribution in [0.4, 0.5) is 4.79 Å². The number of para-hydroxylation sites is 1. The second-order valence-electron chi connectivity index (χ2n) is 3.55. The fourth-order valence-corrected chi connectivity index (χ4v) is 1.97. The second-order valence-corrected chi connectivity index (χ2v) is 4.62. The first kappa shape index (κ1) is 14.6. The average Bonchev–Trinajstić information content (AvgIpc) is 2.41. The number of ether oxygens (including phenoxy) is 1. The first-order valence-corrected chi connectivity index (χ1v) is 6.83. The van der Waals surface area contributed by atoms with Crippen LogP contribution in [0.1, 0.15) is 12.8 Å². The summed E-state index contributed by atoms with van der Waals surface area (Å²) in [6, 6.07) is 9.65. The van der Waals surface area contributed by atoms with Gasteiger partial charge in [0.1, 0.15) is 12.0 Å². The van der Waals surface area contributed by atoms with Crippen LogP contribution in [0.15, 0.2) is 30.3 Å². The minimum Gasteiger partial charge on any atom is -0.494 e. The number of nitrogens with one attached hydrogen (secondary N) is 1. The molecule has 1 aromatic carbocycles. The third-order valence-electron chi connectivity index (χ3n) is 2.11. The predicted octanol–water partition coefficient (Wildman–Crippen LogP) is 2.49. The van der Waals surface area contributed by atoms with Crippen molar-refractivity contribution in [1.29, 1.82) is 0 Å². The summed E-state index contributed by atoms with van der Waals surface area (Å²) in [5, 5.41) is 2.33. The normalized spacial score (nSPS) is 9.78. The molecule has 0 saturated heterocycles. The molecule has 0 atom stereocenters. The molecular formula is C13H17NO3S. The highest BCUT2D eigenvalue weighted by Crippen LogP contribution is 2.10. The van der Waals surface area contributed by atoms with Gasteiger partial charge in [-0.1, -0.05) is 30.0 Å². The molecule has 0 aliphatic carbocycles. The van der Waals surface area contributed by atoms with Gasteiger partial charge in [-0.15, -0.1) is 0 Å². The first-order valence-electron chi connectivity index (χ1n) is 5.85. The van der Waals surface area contributed by atoms with Gasteiger partial charge in [0, 0.05) is 5.75 Å². The van der Waals surface area contributed by atoms with Crippen molar-refractivity contribution in [2.45, 2.75) is 12.8 Å². The Morgan fingerprint density at radius 1 is 1.28 bits per heavy atom. The van der Waals surface area contributed by atoms with Gasteiger partial charge < -0.3 is 14.8 Å². The Balaban J connectivity index is 1.96. The zero-order valence-electron chi connectivity index (χ0n) is 10.1. The van der Waals surface area contributed by atoms with Gasteiger partial charge in [0.25, 0.3) is 5.24 Å². The molecule has 0 radical (unpaired) electrons. The van der Waals surface area contributed by atoms with E-state index in [9.17, 15) is 9.59 Å². The number of carbonyl (C=O) groups excluding carboxylic acids is 2. The summed E-state index contributed by atoms with van der Waals surface area (Å²) in [4.78, 5) is 21.1. The summed E-state index contributed by atoms with van der Waals surface area (Å²) < 4.78 is 5.52. The third-order valence-corrected chi connectivity index (χ3v) is 3.01. The van der Waals surface area contributed by atoms with E-state index in [0.717, 1.165) is 24.3 Å². The lowest BCUT2D eigenvalue weighted by Crippen LogP contribution is -2.20. The topological polar surface area (TPSA) is 55.4 Å². The van der Waals surface area contributed by atoms with E-state index >= 15 is 0 Å². The lowest BCUT2D eigenvalue weighted by Gasteiger charge is -2.05. The number of thioether (sulfide) groups is 1. The first-order chi connectivity index (χ1) is 8.83. The maximum absolute atomic E-state index is 11.1. The Morgan fingerprint density at radius 3 is 2.78 bits per heavy atom. The summed E-state index contributed by atoms with van der Waals surface area (Å²) in [5.41, 5.74) is 0. The van der Waals surface area contributed by atoms with Crippen LogP contribution in [0.25, 0.3) is 0 Å². The molecule has 18 heavy (non-hydrogen) atoms. The van der Waals surface area contributed by atoms with Crippen LogP contribution in [-0.2, 0) is 4.79 Å². The van der Waals surface area contributed by atoms with Crippen molar-refractivity contribution in [2.75, 3.05) is 18.9 Å². The van der Waals surface area contributed by atoms with Gasteiger partial charge in [0.15, 0.2) is 0 Å². The van der Waals surface area contributed by atoms with Crippen molar-refractivity contribution in [3.05, 3.63) is 30.3 Å². The number of amides is 1. The number of carbonyl (C=O) groups is 2. The summed E-state index contributed by atoms with van der Waals surface area (Å²) in [6.07, 6.45) is 2.49. The molecule has 0 bridgehead atoms. The molecule has 5 heteroatoms. The van der Waals surface area contributed by atoms with Crippen molar-refractivity contribution < 1.29 is 14.3 Å². The lowest BCUT2D eigenvalue weighted by atomic mass is 10.3. The van der Waals surface area contributed by atoms with E-state index in [2.05, 4.69) is 5.32 Å². The van der Waals surface area contributed by atoms with E-state index in [-0.39, 0.29) is 11.8 Å². The number of benzene rings is 1. The smallest absolute Gasteiger partial charge is 0.279 e. The summed E-state index contributed by atoms with van der Waals surface area (Å²) in [7, 11) is 0. The molecule has 1 N–H and O–H groups in total. The maximum Gasteiger partial charge on any atom is 0.279 e. The number of rotatable bonds is 8. The Kier molecular flexibility index (Phi) is 7.72. The molecule has 0 fully saturated rings. The molecule has 1 rings (SSSR count). The molecule has 98 valence electrons. The largest absolute Gasteiger partial charge is 0.494 e. The fraction of sp³-hybridized carbons (Fsp3) is 0.385. The van der Waals surface area contributed by atoms with Crippen molar-refractivity contribution in [3.63, 3.8) is 0 Å². The molecule has 0 unspecified atom stereocenters. The fourth-order valence-electron chi connectivity index (χ4n) is 1.25. The summed E-state index contributed by atoms with van der Waals surface area (Å²) in [6.45, 7) is 0.740. The van der Waals surface area contributed by atoms with Crippen molar-refractivity contribution in [3.8, 4) is 5.75 Å². The monoisotopic (exact) mass is 267 g/mol. The minimum atomic E-state index is -0.147. The van der Waals surface area contributed by atoms with E-state index in [1.165, 1.54) is 11.8 Å². The van der Waals surface area contributed by atoms with E-state index in [4.69, 9.17) is 4.74 Å². The van der Waals surface area contributed by atoms with E-state index in [0.29, 0.717) is 12.9 Å². The zero-order valence-corrected chi connectivity index (χ0v) is 10.9. The maximum atomic E-state index is 11.1. The SMILES string of the molecule is O=CCNC(=O)SCCCCOc1ccccc1. The number of hydrogen-bond donors (Lipinski definition) is 1. The highest BCUT2D eigenvalue weighted by molar-refractivity contribution is 8.13. The molecular weight excluding hydrogens is 250 g/mol. The standard InChI is InChI=1S/C13H17NO3S/c15-9-8-14-13(16)18-11-5-4-10-17-12-6-2-1-3-7-12/h1-3,6-7,9H,4-5,8,10-11H2,(H,14,16). The Labute approximate surface area is 111 Å². The van der Waals surface area contributed by atoms with Crippen molar-refractivity contribution in [1.82, 2.24) is 5.32 Å². The third kappa shape index (κ3) is 6.96. The molecule has 0 heterocycles. The van der Waals surface area contributed by atoms with Crippen LogP contribution in [-0.4, -0.2) is 30.4 Å². The minimum absolute atomic E-state index is 0.0863. The Morgan fingerprint density at radius 2 is 2.06 bits per heavy atom. The van der Waals surface area contributed by atoms with Crippen molar-refractivity contribution >= 4 is 23.3 Å². The van der Waals surface area contributed by atoms with E-state index < -0.39 is 0 Å². The number of unbranched alkanes of at least 4 members (excludes halogenated alkanes) is 1. The van der Waals surface area contributed by atoms with Gasteiger partial charge in [0.05, 0.1) is 13.2 Å². The van der Waals surface area contributed by atoms with Gasteiger partial charge in [-0.25, -0.2) is 0 Å². The van der Waals surface area contributed by atoms with Crippen LogP contribution in [0.5, 0.6) is 5.75 Å². The number of aldehydes is 1. The van der Waals surface area contributed by atoms with Crippen LogP contribution >= 0.6 is 11.8 Å². The molecule has 0 spiro atoms. The van der Waals surface area contributed by atoms with Gasteiger partial charge in [-0.2, -0.15) is 0 Å². The zero-order chi connectivity index (χ0) is 13.1. The molecule has 4 nitrogen and oxygen atoms in total. The van der Waals surface area contributed by atoms with Gasteiger partial charge >= 0.3 is 0 Å². The molecule has 1 aromatic rings. The lowest BCUT2D eigenvalue weighted by molar-refractivity contribution is -0.107.